The van der Waals surface area contributed by atoms with Crippen LogP contribution in [0.5, 0.6) is 11.5 Å². The maximum absolute atomic E-state index is 6.08. The largest absolute Gasteiger partial charge is 0.490 e. The third kappa shape index (κ3) is 5.72. The van der Waals surface area contributed by atoms with Gasteiger partial charge in [-0.3, -0.25) is 4.99 Å². The topological polar surface area (TPSA) is 43.7 Å². The molecule has 0 atom stereocenters. The van der Waals surface area contributed by atoms with Gasteiger partial charge in [0.15, 0.2) is 0 Å². The highest BCUT2D eigenvalue weighted by atomic mass is 16.5. The monoisotopic (exact) mass is 416 g/mol. The van der Waals surface area contributed by atoms with Gasteiger partial charge in [0.1, 0.15) is 11.5 Å². The number of hydrogen-bond donors (Lipinski definition) is 0. The van der Waals surface area contributed by atoms with Gasteiger partial charge in [0.2, 0.25) is 0 Å². The molecule has 4 heteroatoms. The highest BCUT2D eigenvalue weighted by Gasteiger charge is 2.17. The Morgan fingerprint density at radius 2 is 1.35 bits per heavy atom. The minimum absolute atomic E-state index is 0.0466. The minimum Gasteiger partial charge on any atom is -0.490 e. The Morgan fingerprint density at radius 1 is 0.806 bits per heavy atom. The van der Waals surface area contributed by atoms with Crippen LogP contribution < -0.4 is 9.47 Å². The van der Waals surface area contributed by atoms with Crippen LogP contribution in [0.25, 0.3) is 11.3 Å². The normalized spacial score (nSPS) is 11.5. The van der Waals surface area contributed by atoms with Crippen LogP contribution in [0, 0.1) is 20.8 Å². The molecule has 3 aromatic rings. The number of rotatable bonds is 7. The summed E-state index contributed by atoms with van der Waals surface area (Å²) in [5.74, 6) is 1.53. The van der Waals surface area contributed by atoms with Gasteiger partial charge in [0.05, 0.1) is 41.1 Å². The molecule has 1 aromatic heterocycles. The molecule has 0 N–H and O–H groups in total. The van der Waals surface area contributed by atoms with Gasteiger partial charge in [-0.1, -0.05) is 29.8 Å². The molecule has 0 saturated carbocycles. The van der Waals surface area contributed by atoms with Gasteiger partial charge in [-0.25, -0.2) is 4.98 Å². The van der Waals surface area contributed by atoms with Gasteiger partial charge in [0, 0.05) is 0 Å². The van der Waals surface area contributed by atoms with Crippen molar-refractivity contribution < 1.29 is 9.47 Å². The van der Waals surface area contributed by atoms with E-state index in [0.29, 0.717) is 0 Å². The number of aromatic nitrogens is 1. The van der Waals surface area contributed by atoms with Crippen LogP contribution in [0.2, 0.25) is 0 Å². The Hall–Kier alpha value is -3.14. The summed E-state index contributed by atoms with van der Waals surface area (Å²) >= 11 is 0. The molecule has 162 valence electrons. The van der Waals surface area contributed by atoms with Crippen LogP contribution >= 0.6 is 0 Å². The van der Waals surface area contributed by atoms with Crippen molar-refractivity contribution in [1.82, 2.24) is 4.98 Å². The molecule has 0 radical (unpaired) electrons. The lowest BCUT2D eigenvalue weighted by Gasteiger charge is -2.19. The molecular formula is C27H32N2O2. The van der Waals surface area contributed by atoms with Crippen molar-refractivity contribution in [2.45, 2.75) is 60.7 Å². The van der Waals surface area contributed by atoms with Crippen molar-refractivity contribution in [2.24, 2.45) is 4.99 Å². The third-order valence-electron chi connectivity index (χ3n) is 4.70. The third-order valence-corrected chi connectivity index (χ3v) is 4.70. The average Bonchev–Trinajstić information content (AvgIpc) is 2.66. The molecule has 0 aliphatic heterocycles. The first-order valence-electron chi connectivity index (χ1n) is 10.8. The van der Waals surface area contributed by atoms with Crippen molar-refractivity contribution in [3.8, 4) is 22.8 Å². The molecular weight excluding hydrogens is 384 g/mol. The van der Waals surface area contributed by atoms with Crippen molar-refractivity contribution in [2.75, 3.05) is 0 Å². The summed E-state index contributed by atoms with van der Waals surface area (Å²) in [7, 11) is 0. The second-order valence-corrected chi connectivity index (χ2v) is 8.42. The highest BCUT2D eigenvalue weighted by molar-refractivity contribution is 5.83. The van der Waals surface area contributed by atoms with E-state index in [1.165, 1.54) is 5.56 Å². The second-order valence-electron chi connectivity index (χ2n) is 8.42. The molecule has 0 aliphatic carbocycles. The summed E-state index contributed by atoms with van der Waals surface area (Å²) in [5, 5.41) is 0. The molecule has 3 rings (SSSR count). The first kappa shape index (κ1) is 22.5. The summed E-state index contributed by atoms with van der Waals surface area (Å²) in [4.78, 5) is 9.60. The summed E-state index contributed by atoms with van der Waals surface area (Å²) in [6.07, 6.45) is 1.92. The molecule has 0 unspecified atom stereocenters. The van der Waals surface area contributed by atoms with E-state index in [4.69, 9.17) is 19.5 Å². The Bertz CT molecular complexity index is 1030. The van der Waals surface area contributed by atoms with Gasteiger partial charge in [-0.05, 0) is 83.9 Å². The number of pyridine rings is 1. The van der Waals surface area contributed by atoms with Crippen LogP contribution in [0.15, 0.2) is 53.5 Å². The smallest absolute Gasteiger partial charge is 0.132 e. The molecule has 4 nitrogen and oxygen atoms in total. The van der Waals surface area contributed by atoms with Crippen molar-refractivity contribution in [3.05, 3.63) is 70.9 Å². The fourth-order valence-electron chi connectivity index (χ4n) is 3.64. The summed E-state index contributed by atoms with van der Waals surface area (Å²) < 4.78 is 12.2. The fourth-order valence-corrected chi connectivity index (χ4v) is 3.64. The van der Waals surface area contributed by atoms with Crippen LogP contribution in [0.3, 0.4) is 0 Å². The number of aliphatic imine (C=N–C) groups is 1. The molecule has 0 aliphatic rings. The van der Waals surface area contributed by atoms with E-state index in [2.05, 4.69) is 32.9 Å². The molecule has 0 spiro atoms. The predicted molar refractivity (Wildman–Crippen MR) is 129 cm³/mol. The molecule has 0 fully saturated rings. The number of aryl methyl sites for hydroxylation is 3. The summed E-state index contributed by atoms with van der Waals surface area (Å²) in [6, 6.07) is 16.1. The van der Waals surface area contributed by atoms with E-state index < -0.39 is 0 Å². The Kier molecular flexibility index (Phi) is 7.11. The number of ether oxygens (including phenoxy) is 2. The second kappa shape index (κ2) is 9.78. The van der Waals surface area contributed by atoms with Crippen LogP contribution in [-0.2, 0) is 0 Å². The van der Waals surface area contributed by atoms with E-state index >= 15 is 0 Å². The number of benzene rings is 2. The molecule has 0 bridgehead atoms. The zero-order valence-corrected chi connectivity index (χ0v) is 19.6. The van der Waals surface area contributed by atoms with Gasteiger partial charge in [-0.15, -0.1) is 0 Å². The Balaban J connectivity index is 2.03. The number of hydrogen-bond acceptors (Lipinski definition) is 4. The quantitative estimate of drug-likeness (QED) is 0.390. The van der Waals surface area contributed by atoms with Gasteiger partial charge in [-0.2, -0.15) is 0 Å². The lowest BCUT2D eigenvalue weighted by molar-refractivity contribution is 0.231. The first-order valence-corrected chi connectivity index (χ1v) is 10.8. The molecule has 0 amide bonds. The Labute approximate surface area is 186 Å². The average molecular weight is 417 g/mol. The fraction of sp³-hybridized carbons (Fsp3) is 0.333. The molecule has 0 saturated heterocycles. The minimum atomic E-state index is 0.0466. The molecule has 1 heterocycles. The van der Waals surface area contributed by atoms with Gasteiger partial charge < -0.3 is 9.47 Å². The number of nitrogens with zero attached hydrogens (tertiary/aromatic N) is 2. The van der Waals surface area contributed by atoms with Gasteiger partial charge >= 0.3 is 0 Å². The maximum atomic E-state index is 6.08. The van der Waals surface area contributed by atoms with E-state index in [1.54, 1.807) is 0 Å². The standard InChI is InChI=1S/C27H32N2O2/c1-17(2)30-24-12-9-13-25(31-18(3)4)26(24)23-11-8-10-22(29-23)16-28-27-20(6)14-19(5)15-21(27)7/h8-18H,1-7H3. The van der Waals surface area contributed by atoms with Gasteiger partial charge in [0.25, 0.3) is 0 Å². The van der Waals surface area contributed by atoms with E-state index in [0.717, 1.165) is 45.3 Å². The highest BCUT2D eigenvalue weighted by Crippen LogP contribution is 2.38. The summed E-state index contributed by atoms with van der Waals surface area (Å²) in [6.45, 7) is 14.3. The predicted octanol–water partition coefficient (Wildman–Crippen LogP) is 7.00. The van der Waals surface area contributed by atoms with Crippen molar-refractivity contribution in [1.29, 1.82) is 0 Å². The summed E-state index contributed by atoms with van der Waals surface area (Å²) in [5.41, 5.74) is 7.00. The van der Waals surface area contributed by atoms with Crippen molar-refractivity contribution in [3.63, 3.8) is 0 Å². The Morgan fingerprint density at radius 3 is 1.90 bits per heavy atom. The maximum Gasteiger partial charge on any atom is 0.132 e. The molecule has 2 aromatic carbocycles. The zero-order valence-electron chi connectivity index (χ0n) is 19.6. The SMILES string of the molecule is Cc1cc(C)c(N=Cc2cccc(-c3c(OC(C)C)cccc3OC(C)C)n2)c(C)c1. The van der Waals surface area contributed by atoms with Crippen LogP contribution in [0.4, 0.5) is 5.69 Å². The lowest BCUT2D eigenvalue weighted by atomic mass is 10.1. The van der Waals surface area contributed by atoms with E-state index in [-0.39, 0.29) is 12.2 Å². The molecule has 31 heavy (non-hydrogen) atoms. The van der Waals surface area contributed by atoms with Crippen LogP contribution in [-0.4, -0.2) is 23.4 Å². The zero-order chi connectivity index (χ0) is 22.5. The van der Waals surface area contributed by atoms with E-state index in [1.807, 2.05) is 70.3 Å². The van der Waals surface area contributed by atoms with E-state index in [9.17, 15) is 0 Å². The lowest BCUT2D eigenvalue weighted by Crippen LogP contribution is -2.10. The first-order chi connectivity index (χ1) is 14.7. The van der Waals surface area contributed by atoms with Crippen molar-refractivity contribution >= 4 is 11.9 Å². The van der Waals surface area contributed by atoms with Crippen LogP contribution in [0.1, 0.15) is 50.1 Å².